The highest BCUT2D eigenvalue weighted by molar-refractivity contribution is 6.31. The van der Waals surface area contributed by atoms with E-state index < -0.39 is 22.3 Å². The topological polar surface area (TPSA) is 114 Å². The SMILES string of the molecule is COc1cc2ccccc2cc1C(=O)N/N=C\c1cc(Cl)cc([N+](=O)[O-])c1O. The van der Waals surface area contributed by atoms with Crippen LogP contribution in [0.1, 0.15) is 15.9 Å². The van der Waals surface area contributed by atoms with Gasteiger partial charge < -0.3 is 9.84 Å². The molecule has 0 fully saturated rings. The molecule has 28 heavy (non-hydrogen) atoms. The predicted molar refractivity (Wildman–Crippen MR) is 105 cm³/mol. The van der Waals surface area contributed by atoms with E-state index in [2.05, 4.69) is 10.5 Å². The van der Waals surface area contributed by atoms with Gasteiger partial charge in [-0.3, -0.25) is 14.9 Å². The molecule has 0 bridgehead atoms. The number of hydrogen-bond acceptors (Lipinski definition) is 6. The number of hydrogen-bond donors (Lipinski definition) is 2. The van der Waals surface area contributed by atoms with E-state index in [9.17, 15) is 20.0 Å². The third-order valence-electron chi connectivity index (χ3n) is 3.96. The summed E-state index contributed by atoms with van der Waals surface area (Å²) >= 11 is 5.82. The molecule has 0 spiro atoms. The quantitative estimate of drug-likeness (QED) is 0.384. The number of amides is 1. The van der Waals surface area contributed by atoms with Crippen LogP contribution < -0.4 is 10.2 Å². The van der Waals surface area contributed by atoms with Crippen molar-refractivity contribution in [2.75, 3.05) is 7.11 Å². The van der Waals surface area contributed by atoms with Gasteiger partial charge in [0.15, 0.2) is 0 Å². The Hall–Kier alpha value is -3.65. The van der Waals surface area contributed by atoms with E-state index in [0.29, 0.717) is 5.75 Å². The monoisotopic (exact) mass is 399 g/mol. The predicted octanol–water partition coefficient (Wildman–Crippen LogP) is 3.88. The van der Waals surface area contributed by atoms with Crippen LogP contribution in [-0.2, 0) is 0 Å². The first-order valence-electron chi connectivity index (χ1n) is 7.98. The molecule has 142 valence electrons. The first kappa shape index (κ1) is 19.1. The smallest absolute Gasteiger partial charge is 0.312 e. The number of nitro groups is 1. The van der Waals surface area contributed by atoms with Gasteiger partial charge in [0, 0.05) is 16.7 Å². The second-order valence-corrected chi connectivity index (χ2v) is 6.16. The molecule has 9 heteroatoms. The molecule has 3 rings (SSSR count). The molecule has 0 aliphatic carbocycles. The lowest BCUT2D eigenvalue weighted by molar-refractivity contribution is -0.385. The summed E-state index contributed by atoms with van der Waals surface area (Å²) in [5, 5.41) is 26.4. The molecule has 3 aromatic rings. The van der Waals surface area contributed by atoms with Crippen molar-refractivity contribution in [2.24, 2.45) is 5.10 Å². The summed E-state index contributed by atoms with van der Waals surface area (Å²) in [6.07, 6.45) is 1.07. The van der Waals surface area contributed by atoms with E-state index in [4.69, 9.17) is 16.3 Å². The van der Waals surface area contributed by atoms with Gasteiger partial charge in [0.1, 0.15) is 5.75 Å². The molecular formula is C19H14ClN3O5. The first-order chi connectivity index (χ1) is 13.4. The van der Waals surface area contributed by atoms with E-state index in [1.165, 1.54) is 13.2 Å². The Balaban J connectivity index is 1.87. The number of rotatable bonds is 5. The highest BCUT2D eigenvalue weighted by Gasteiger charge is 2.18. The van der Waals surface area contributed by atoms with Crippen LogP contribution in [0.5, 0.6) is 11.5 Å². The van der Waals surface area contributed by atoms with Crippen molar-refractivity contribution in [3.05, 3.63) is 74.8 Å². The molecule has 3 aromatic carbocycles. The molecule has 0 radical (unpaired) electrons. The van der Waals surface area contributed by atoms with Gasteiger partial charge in [-0.15, -0.1) is 0 Å². The van der Waals surface area contributed by atoms with Gasteiger partial charge in [0.05, 0.1) is 23.8 Å². The number of ether oxygens (including phenoxy) is 1. The van der Waals surface area contributed by atoms with Crippen molar-refractivity contribution in [3.63, 3.8) is 0 Å². The van der Waals surface area contributed by atoms with Crippen LogP contribution in [-0.4, -0.2) is 29.3 Å². The minimum atomic E-state index is -0.767. The number of aromatic hydroxyl groups is 1. The second-order valence-electron chi connectivity index (χ2n) is 5.72. The number of hydrazone groups is 1. The lowest BCUT2D eigenvalue weighted by Crippen LogP contribution is -2.18. The molecule has 0 aromatic heterocycles. The van der Waals surface area contributed by atoms with Gasteiger partial charge in [-0.25, -0.2) is 5.43 Å². The van der Waals surface area contributed by atoms with Gasteiger partial charge >= 0.3 is 5.69 Å². The maximum atomic E-state index is 12.5. The molecule has 0 aliphatic heterocycles. The van der Waals surface area contributed by atoms with E-state index in [1.54, 1.807) is 12.1 Å². The Morgan fingerprint density at radius 3 is 2.57 bits per heavy atom. The molecule has 0 aliphatic rings. The molecule has 0 heterocycles. The number of halogens is 1. The number of carbonyl (C=O) groups is 1. The van der Waals surface area contributed by atoms with E-state index >= 15 is 0 Å². The highest BCUT2D eigenvalue weighted by Crippen LogP contribution is 2.32. The van der Waals surface area contributed by atoms with E-state index in [-0.39, 0.29) is 16.1 Å². The van der Waals surface area contributed by atoms with Crippen LogP contribution in [0, 0.1) is 10.1 Å². The van der Waals surface area contributed by atoms with Crippen LogP contribution in [0.15, 0.2) is 53.6 Å². The number of nitrogens with one attached hydrogen (secondary N) is 1. The van der Waals surface area contributed by atoms with Gasteiger partial charge in [0.25, 0.3) is 5.91 Å². The van der Waals surface area contributed by atoms with Gasteiger partial charge in [-0.1, -0.05) is 35.9 Å². The van der Waals surface area contributed by atoms with Crippen LogP contribution in [0.3, 0.4) is 0 Å². The molecule has 2 N–H and O–H groups in total. The fraction of sp³-hybridized carbons (Fsp3) is 0.0526. The van der Waals surface area contributed by atoms with Crippen molar-refractivity contribution in [1.82, 2.24) is 5.43 Å². The van der Waals surface area contributed by atoms with Crippen molar-refractivity contribution >= 4 is 40.2 Å². The van der Waals surface area contributed by atoms with Crippen molar-refractivity contribution in [2.45, 2.75) is 0 Å². The largest absolute Gasteiger partial charge is 0.502 e. The zero-order valence-electron chi connectivity index (χ0n) is 14.5. The summed E-state index contributed by atoms with van der Waals surface area (Å²) in [6, 6.07) is 13.2. The number of methoxy groups -OCH3 is 1. The Kier molecular flexibility index (Phi) is 5.42. The zero-order valence-corrected chi connectivity index (χ0v) is 15.3. The van der Waals surface area contributed by atoms with Crippen LogP contribution in [0.25, 0.3) is 10.8 Å². The maximum Gasteiger partial charge on any atom is 0.312 e. The fourth-order valence-electron chi connectivity index (χ4n) is 2.63. The van der Waals surface area contributed by atoms with Crippen molar-refractivity contribution in [1.29, 1.82) is 0 Å². The summed E-state index contributed by atoms with van der Waals surface area (Å²) in [4.78, 5) is 22.6. The van der Waals surface area contributed by atoms with Crippen LogP contribution >= 0.6 is 11.6 Å². The van der Waals surface area contributed by atoms with Gasteiger partial charge in [-0.05, 0) is 29.0 Å². The number of benzene rings is 3. The average molecular weight is 400 g/mol. The van der Waals surface area contributed by atoms with Gasteiger partial charge in [-0.2, -0.15) is 5.10 Å². The van der Waals surface area contributed by atoms with Crippen molar-refractivity contribution in [3.8, 4) is 11.5 Å². The molecule has 1 amide bonds. The zero-order chi connectivity index (χ0) is 20.3. The number of phenolic OH excluding ortho intramolecular Hbond substituents is 1. The summed E-state index contributed by atoms with van der Waals surface area (Å²) in [5.41, 5.74) is 2.00. The first-order valence-corrected chi connectivity index (χ1v) is 8.35. The Labute approximate surface area is 164 Å². The van der Waals surface area contributed by atoms with Crippen LogP contribution in [0.4, 0.5) is 5.69 Å². The molecule has 8 nitrogen and oxygen atoms in total. The third-order valence-corrected chi connectivity index (χ3v) is 4.18. The third kappa shape index (κ3) is 3.86. The number of nitro benzene ring substituents is 1. The van der Waals surface area contributed by atoms with Crippen molar-refractivity contribution < 1.29 is 19.6 Å². The lowest BCUT2D eigenvalue weighted by atomic mass is 10.1. The van der Waals surface area contributed by atoms with E-state index in [1.807, 2.05) is 24.3 Å². The molecule has 0 saturated heterocycles. The summed E-state index contributed by atoms with van der Waals surface area (Å²) in [7, 11) is 1.45. The maximum absolute atomic E-state index is 12.5. The minimum absolute atomic E-state index is 0.00928. The molecule has 0 saturated carbocycles. The Morgan fingerprint density at radius 2 is 1.93 bits per heavy atom. The van der Waals surface area contributed by atoms with Gasteiger partial charge in [0.2, 0.25) is 5.75 Å². The molecule has 0 unspecified atom stereocenters. The summed E-state index contributed by atoms with van der Waals surface area (Å²) < 4.78 is 5.27. The fourth-order valence-corrected chi connectivity index (χ4v) is 2.85. The normalized spacial score (nSPS) is 10.9. The molecule has 0 atom stereocenters. The van der Waals surface area contributed by atoms with Crippen LogP contribution in [0.2, 0.25) is 5.02 Å². The standard InChI is InChI=1S/C19H14ClN3O5/c1-28-17-8-12-5-3-2-4-11(12)7-15(17)19(25)22-21-10-13-6-14(20)9-16(18(13)24)23(26)27/h2-10,24H,1H3,(H,22,25)/b21-10-. The number of carbonyl (C=O) groups excluding carboxylic acids is 1. The number of fused-ring (bicyclic) bond motifs is 1. The highest BCUT2D eigenvalue weighted by atomic mass is 35.5. The number of phenols is 1. The second kappa shape index (κ2) is 7.93. The summed E-state index contributed by atoms with van der Waals surface area (Å²) in [6.45, 7) is 0. The average Bonchev–Trinajstić information content (AvgIpc) is 2.68. The molecular weight excluding hydrogens is 386 g/mol. The Morgan fingerprint density at radius 1 is 1.25 bits per heavy atom. The lowest BCUT2D eigenvalue weighted by Gasteiger charge is -2.09. The minimum Gasteiger partial charge on any atom is -0.502 e. The summed E-state index contributed by atoms with van der Waals surface area (Å²) in [5.74, 6) is -0.779. The van der Waals surface area contributed by atoms with E-state index in [0.717, 1.165) is 23.1 Å². The Bertz CT molecular complexity index is 1110. The number of nitrogens with zero attached hydrogens (tertiary/aromatic N) is 2.